The quantitative estimate of drug-likeness (QED) is 0.0588. The highest BCUT2D eigenvalue weighted by Gasteiger charge is 2.49. The minimum Gasteiger partial charge on any atom is -0.505 e. The van der Waals surface area contributed by atoms with Gasteiger partial charge in [-0.1, -0.05) is 6.07 Å². The van der Waals surface area contributed by atoms with Crippen LogP contribution in [0.25, 0.3) is 43.6 Å². The van der Waals surface area contributed by atoms with Crippen LogP contribution < -0.4 is 9.92 Å². The number of H-pyrrole nitrogens is 4. The van der Waals surface area contributed by atoms with Crippen LogP contribution in [0.3, 0.4) is 0 Å². The van der Waals surface area contributed by atoms with Crippen molar-refractivity contribution in [3.8, 4) is 17.6 Å². The van der Waals surface area contributed by atoms with E-state index in [1.54, 1.807) is 43.3 Å². The number of hydrogen-bond donors (Lipinski definition) is 6. The number of aromatic hydroxyl groups is 1. The van der Waals surface area contributed by atoms with Crippen LogP contribution in [0.1, 0.15) is 33.9 Å². The summed E-state index contributed by atoms with van der Waals surface area (Å²) in [6.07, 6.45) is 0. The number of halogens is 7. The number of hydrogen-bond acceptors (Lipinski definition) is 6. The summed E-state index contributed by atoms with van der Waals surface area (Å²) >= 11 is 0. The van der Waals surface area contributed by atoms with Crippen LogP contribution in [0.15, 0.2) is 72.8 Å². The maximum Gasteiger partial charge on any atom is 0.534 e. The van der Waals surface area contributed by atoms with Crippen molar-refractivity contribution in [3.63, 3.8) is 0 Å². The second-order valence-corrected chi connectivity index (χ2v) is 14.2. The maximum atomic E-state index is 13.8. The van der Waals surface area contributed by atoms with Crippen molar-refractivity contribution in [3.05, 3.63) is 130 Å². The number of phenolic OH excluding ortho intramolecular Hbond substituents is 1. The molecule has 7 N–H and O–H groups in total. The van der Waals surface area contributed by atoms with Gasteiger partial charge in [-0.15, -0.1) is 0 Å². The second kappa shape index (κ2) is 16.3. The first-order valence-corrected chi connectivity index (χ1v) is 18.1. The molecule has 0 aliphatic rings. The lowest BCUT2D eigenvalue weighted by atomic mass is 10.1. The summed E-state index contributed by atoms with van der Waals surface area (Å²) in [5.41, 5.74) is 6.35. The highest BCUT2D eigenvalue weighted by atomic mass is 32.2. The topological polar surface area (TPSA) is 177 Å². The molecule has 0 atom stereocenters. The Kier molecular flexibility index (Phi) is 12.0. The molecule has 0 spiro atoms. The highest BCUT2D eigenvalue weighted by Crippen LogP contribution is 2.32. The van der Waals surface area contributed by atoms with Gasteiger partial charge in [0.1, 0.15) is 17.7 Å². The number of fused-ring (bicyclic) bond motifs is 4. The molecule has 0 fully saturated rings. The maximum absolute atomic E-state index is 13.8. The Balaban J connectivity index is 0.000000148. The van der Waals surface area contributed by atoms with Gasteiger partial charge in [-0.3, -0.25) is 0 Å². The Labute approximate surface area is 319 Å². The van der Waals surface area contributed by atoms with Crippen LogP contribution in [-0.4, -0.2) is 39.0 Å². The van der Waals surface area contributed by atoms with Crippen LogP contribution in [0.5, 0.6) is 11.5 Å². The zero-order valence-corrected chi connectivity index (χ0v) is 31.2. The highest BCUT2D eigenvalue weighted by molar-refractivity contribution is 7.88. The second-order valence-electron chi connectivity index (χ2n) is 12.7. The minimum atomic E-state index is -5.89. The summed E-state index contributed by atoms with van der Waals surface area (Å²) in [6, 6.07) is 20.1. The molecule has 0 aliphatic heterocycles. The zero-order valence-electron chi connectivity index (χ0n) is 30.4. The third-order valence-corrected chi connectivity index (χ3v) is 9.30. The molecule has 0 saturated heterocycles. The van der Waals surface area contributed by atoms with Crippen molar-refractivity contribution in [1.82, 2.24) is 19.9 Å². The molecule has 4 aromatic carbocycles. The van der Waals surface area contributed by atoms with Crippen molar-refractivity contribution >= 4 is 53.7 Å². The van der Waals surface area contributed by atoms with Gasteiger partial charge in [-0.05, 0) is 94.4 Å². The normalized spacial score (nSPS) is 11.4. The first kappa shape index (κ1) is 41.7. The number of benzene rings is 4. The predicted octanol–water partition coefficient (Wildman–Crippen LogP) is 9.73. The van der Waals surface area contributed by atoms with Gasteiger partial charge in [0.25, 0.3) is 0 Å². The molecule has 298 valence electrons. The standard InChI is InChI=1S/C10H7F4NO3S.C10H11FN2.C10H7FN2.C9H8FNO/c1-5-4-6-7(15-5)2-3-8(9(6)11)18-19(16,17)10(12,13)14;2*1-6-4-8-9(13-6)3-2-7(5-12)10(8)11;1-5-4-6-7(11-5)2-3-8(12)9(6)10/h2-4,15H,1H3;2-4,13H,5,12H2,1H3;2-4,13H,1H3;2-4,11-12H,1H3. The third-order valence-electron chi connectivity index (χ3n) is 8.34. The molecule has 0 radical (unpaired) electrons. The van der Waals surface area contributed by atoms with Crippen LogP contribution in [0, 0.1) is 62.3 Å². The van der Waals surface area contributed by atoms with Gasteiger partial charge in [-0.2, -0.15) is 26.9 Å². The van der Waals surface area contributed by atoms with Crippen LogP contribution in [0.2, 0.25) is 0 Å². The summed E-state index contributed by atoms with van der Waals surface area (Å²) in [4.78, 5) is 11.8. The number of aromatic nitrogens is 4. The first-order valence-electron chi connectivity index (χ1n) is 16.6. The molecule has 8 aromatic rings. The molecular weight excluding hydrogens is 782 g/mol. The van der Waals surface area contributed by atoms with Crippen molar-refractivity contribution in [2.75, 3.05) is 0 Å². The number of nitrogens with one attached hydrogen (secondary N) is 4. The summed E-state index contributed by atoms with van der Waals surface area (Å²) < 4.78 is 116. The zero-order chi connectivity index (χ0) is 42.0. The monoisotopic (exact) mass is 814 g/mol. The fourth-order valence-electron chi connectivity index (χ4n) is 5.72. The average molecular weight is 815 g/mol. The lowest BCUT2D eigenvalue weighted by Gasteiger charge is -2.10. The van der Waals surface area contributed by atoms with E-state index in [9.17, 15) is 39.2 Å². The molecule has 0 bridgehead atoms. The Morgan fingerprint density at radius 2 is 1.05 bits per heavy atom. The predicted molar refractivity (Wildman–Crippen MR) is 202 cm³/mol. The average Bonchev–Trinajstić information content (AvgIpc) is 3.93. The Bertz CT molecular complexity index is 2900. The van der Waals surface area contributed by atoms with E-state index >= 15 is 0 Å². The largest absolute Gasteiger partial charge is 0.534 e. The van der Waals surface area contributed by atoms with Gasteiger partial charge in [0.2, 0.25) is 0 Å². The van der Waals surface area contributed by atoms with E-state index in [4.69, 9.17) is 16.1 Å². The Morgan fingerprint density at radius 3 is 1.51 bits per heavy atom. The van der Waals surface area contributed by atoms with E-state index in [1.165, 1.54) is 24.3 Å². The number of nitrogens with zero attached hydrogens (tertiary/aromatic N) is 1. The van der Waals surface area contributed by atoms with Crippen molar-refractivity contribution in [2.24, 2.45) is 5.73 Å². The molecule has 8 rings (SSSR count). The summed E-state index contributed by atoms with van der Waals surface area (Å²) in [5, 5.41) is 19.1. The smallest absolute Gasteiger partial charge is 0.505 e. The fourth-order valence-corrected chi connectivity index (χ4v) is 6.18. The van der Waals surface area contributed by atoms with Gasteiger partial charge < -0.3 is 35.0 Å². The van der Waals surface area contributed by atoms with E-state index in [1.807, 2.05) is 32.9 Å². The molecule has 10 nitrogen and oxygen atoms in total. The van der Waals surface area contributed by atoms with Crippen LogP contribution in [0.4, 0.5) is 30.7 Å². The number of nitrogens with two attached hydrogens (primary N) is 1. The molecule has 4 heterocycles. The van der Waals surface area contributed by atoms with Gasteiger partial charge in [0, 0.05) is 78.5 Å². The Morgan fingerprint density at radius 1 is 0.649 bits per heavy atom. The van der Waals surface area contributed by atoms with Gasteiger partial charge in [0.05, 0.1) is 5.56 Å². The lowest BCUT2D eigenvalue weighted by Crippen LogP contribution is -2.28. The third kappa shape index (κ3) is 9.00. The van der Waals surface area contributed by atoms with Gasteiger partial charge >= 0.3 is 15.6 Å². The number of phenols is 1. The SMILES string of the molecule is Cc1cc2c(F)c(C#N)ccc2[nH]1.Cc1cc2c(F)c(CN)ccc2[nH]1.Cc1cc2c(F)c(O)ccc2[nH]1.Cc1cc2c(F)c(OS(=O)(=O)C(F)(F)F)ccc2[nH]1. The van der Waals surface area contributed by atoms with Crippen molar-refractivity contribution in [1.29, 1.82) is 5.26 Å². The molecule has 4 aromatic heterocycles. The van der Waals surface area contributed by atoms with E-state index in [-0.39, 0.29) is 29.1 Å². The molecule has 0 unspecified atom stereocenters. The molecule has 0 aliphatic carbocycles. The number of aryl methyl sites for hydroxylation is 4. The number of aromatic amines is 4. The molecular formula is C39H33F7N6O4S. The van der Waals surface area contributed by atoms with E-state index in [2.05, 4.69) is 24.1 Å². The summed E-state index contributed by atoms with van der Waals surface area (Å²) in [6.45, 7) is 7.46. The first-order chi connectivity index (χ1) is 26.7. The number of nitriles is 1. The van der Waals surface area contributed by atoms with Gasteiger partial charge in [0.15, 0.2) is 23.1 Å². The number of alkyl halides is 3. The molecule has 0 amide bonds. The molecule has 57 heavy (non-hydrogen) atoms. The summed E-state index contributed by atoms with van der Waals surface area (Å²) in [7, 11) is -5.89. The van der Waals surface area contributed by atoms with Gasteiger partial charge in [-0.25, -0.2) is 17.6 Å². The molecule has 0 saturated carbocycles. The van der Waals surface area contributed by atoms with Crippen molar-refractivity contribution < 1.29 is 48.4 Å². The number of rotatable bonds is 3. The molecule has 18 heteroatoms. The van der Waals surface area contributed by atoms with E-state index in [0.717, 1.165) is 34.2 Å². The fraction of sp³-hybridized carbons (Fsp3) is 0.154. The lowest BCUT2D eigenvalue weighted by molar-refractivity contribution is -0.0500. The summed E-state index contributed by atoms with van der Waals surface area (Å²) in [5.74, 6) is -3.68. The van der Waals surface area contributed by atoms with Crippen LogP contribution >= 0.6 is 0 Å². The van der Waals surface area contributed by atoms with Crippen LogP contribution in [-0.2, 0) is 16.7 Å². The van der Waals surface area contributed by atoms with Crippen molar-refractivity contribution in [2.45, 2.75) is 39.7 Å². The van der Waals surface area contributed by atoms with E-state index < -0.39 is 38.8 Å². The minimum absolute atomic E-state index is 0.0487. The van der Waals surface area contributed by atoms with E-state index in [0.29, 0.717) is 38.4 Å². The Hall–Kier alpha value is -6.45.